The van der Waals surface area contributed by atoms with Gasteiger partial charge in [0.05, 0.1) is 10.5 Å². The fraction of sp³-hybridized carbons (Fsp3) is 0.250. The van der Waals surface area contributed by atoms with Crippen molar-refractivity contribution in [1.29, 1.82) is 0 Å². The van der Waals surface area contributed by atoms with E-state index in [-0.39, 0.29) is 16.8 Å². The van der Waals surface area contributed by atoms with Crippen LogP contribution in [0.25, 0.3) is 0 Å². The van der Waals surface area contributed by atoms with Crippen molar-refractivity contribution in [3.05, 3.63) is 89.2 Å². The van der Waals surface area contributed by atoms with Crippen molar-refractivity contribution in [2.75, 3.05) is 18.0 Å². The first-order valence-corrected chi connectivity index (χ1v) is 12.6. The highest BCUT2D eigenvalue weighted by Crippen LogP contribution is 2.25. The Morgan fingerprint density at radius 2 is 1.67 bits per heavy atom. The van der Waals surface area contributed by atoms with Crippen molar-refractivity contribution in [1.82, 2.24) is 15.0 Å². The van der Waals surface area contributed by atoms with Crippen LogP contribution in [0, 0.1) is 0 Å². The minimum atomic E-state index is -3.61. The molecule has 1 aromatic heterocycles. The molecule has 0 atom stereocenters. The Bertz CT molecular complexity index is 1200. The molecule has 7 nitrogen and oxygen atoms in total. The number of nitrogens with zero attached hydrogens (tertiary/aromatic N) is 2. The van der Waals surface area contributed by atoms with Gasteiger partial charge in [-0.05, 0) is 66.9 Å². The molecule has 1 saturated heterocycles. The van der Waals surface area contributed by atoms with E-state index < -0.39 is 10.0 Å². The van der Waals surface area contributed by atoms with Crippen molar-refractivity contribution in [3.8, 4) is 0 Å². The number of nitrogens with one attached hydrogen (secondary N) is 2. The summed E-state index contributed by atoms with van der Waals surface area (Å²) in [6, 6.07) is 17.2. The normalized spacial score (nSPS) is 14.8. The number of anilines is 1. The lowest BCUT2D eigenvalue weighted by Gasteiger charge is -2.34. The van der Waals surface area contributed by atoms with Crippen LogP contribution in [0.3, 0.4) is 0 Å². The first kappa shape index (κ1) is 23.2. The summed E-state index contributed by atoms with van der Waals surface area (Å²) in [5.74, 6) is -0.145. The van der Waals surface area contributed by atoms with E-state index >= 15 is 0 Å². The molecular formula is C24H25ClN4O3S. The van der Waals surface area contributed by atoms with E-state index in [0.29, 0.717) is 43.1 Å². The Balaban J connectivity index is 1.38. The van der Waals surface area contributed by atoms with Crippen LogP contribution in [0.2, 0.25) is 5.02 Å². The second-order valence-electron chi connectivity index (χ2n) is 7.89. The van der Waals surface area contributed by atoms with Crippen molar-refractivity contribution in [2.45, 2.75) is 30.3 Å². The molecule has 172 valence electrons. The molecule has 0 radical (unpaired) electrons. The minimum Gasteiger partial charge on any atom is -0.371 e. The Labute approximate surface area is 198 Å². The number of para-hydroxylation sites is 1. The van der Waals surface area contributed by atoms with Crippen molar-refractivity contribution in [2.24, 2.45) is 0 Å². The molecule has 0 aliphatic carbocycles. The molecule has 2 aromatic carbocycles. The van der Waals surface area contributed by atoms with Gasteiger partial charge in [0, 0.05) is 48.8 Å². The molecular weight excluding hydrogens is 460 g/mol. The molecule has 1 aliphatic heterocycles. The maximum Gasteiger partial charge on any atom is 0.253 e. The van der Waals surface area contributed by atoms with Crippen molar-refractivity contribution >= 4 is 33.2 Å². The van der Waals surface area contributed by atoms with Crippen molar-refractivity contribution in [3.63, 3.8) is 0 Å². The van der Waals surface area contributed by atoms with E-state index in [4.69, 9.17) is 11.6 Å². The number of benzene rings is 2. The summed E-state index contributed by atoms with van der Waals surface area (Å²) in [5, 5.41) is 3.45. The van der Waals surface area contributed by atoms with E-state index in [1.54, 1.807) is 24.5 Å². The van der Waals surface area contributed by atoms with Crippen LogP contribution < -0.4 is 14.9 Å². The SMILES string of the molecule is O=C(NCc1ccncc1)c1ccccc1N1CCC(NS(=O)(=O)c2ccc(Cl)cc2)CC1. The quantitative estimate of drug-likeness (QED) is 0.534. The van der Waals surface area contributed by atoms with Gasteiger partial charge in [0.2, 0.25) is 10.0 Å². The van der Waals surface area contributed by atoms with Gasteiger partial charge in [0.25, 0.3) is 5.91 Å². The zero-order valence-corrected chi connectivity index (χ0v) is 19.5. The van der Waals surface area contributed by atoms with Gasteiger partial charge in [-0.3, -0.25) is 9.78 Å². The Kier molecular flexibility index (Phi) is 7.27. The Morgan fingerprint density at radius 3 is 2.36 bits per heavy atom. The van der Waals surface area contributed by atoms with Crippen LogP contribution in [0.5, 0.6) is 0 Å². The topological polar surface area (TPSA) is 91.4 Å². The number of sulfonamides is 1. The average Bonchev–Trinajstić information content (AvgIpc) is 2.84. The molecule has 3 aromatic rings. The maximum atomic E-state index is 12.9. The highest BCUT2D eigenvalue weighted by molar-refractivity contribution is 7.89. The smallest absolute Gasteiger partial charge is 0.253 e. The maximum absolute atomic E-state index is 12.9. The number of halogens is 1. The second kappa shape index (κ2) is 10.3. The molecule has 4 rings (SSSR count). The fourth-order valence-corrected chi connectivity index (χ4v) is 5.29. The van der Waals surface area contributed by atoms with Gasteiger partial charge in [-0.1, -0.05) is 23.7 Å². The molecule has 1 fully saturated rings. The molecule has 2 heterocycles. The molecule has 1 amide bonds. The second-order valence-corrected chi connectivity index (χ2v) is 10.0. The van der Waals surface area contributed by atoms with Gasteiger partial charge in [-0.2, -0.15) is 0 Å². The molecule has 0 spiro atoms. The molecule has 33 heavy (non-hydrogen) atoms. The van der Waals surface area contributed by atoms with Crippen LogP contribution in [0.1, 0.15) is 28.8 Å². The lowest BCUT2D eigenvalue weighted by molar-refractivity contribution is 0.0951. The minimum absolute atomic E-state index is 0.145. The number of rotatable bonds is 7. The van der Waals surface area contributed by atoms with E-state index in [1.807, 2.05) is 36.4 Å². The summed E-state index contributed by atoms with van der Waals surface area (Å²) in [5.41, 5.74) is 2.43. The third-order valence-corrected chi connectivity index (χ3v) is 7.42. The van der Waals surface area contributed by atoms with E-state index in [2.05, 4.69) is 19.9 Å². The predicted molar refractivity (Wildman–Crippen MR) is 129 cm³/mol. The van der Waals surface area contributed by atoms with Crippen LogP contribution in [-0.2, 0) is 16.6 Å². The highest BCUT2D eigenvalue weighted by Gasteiger charge is 2.26. The third kappa shape index (κ3) is 5.90. The van der Waals surface area contributed by atoms with Crippen LogP contribution in [0.15, 0.2) is 78.0 Å². The number of aromatic nitrogens is 1. The summed E-state index contributed by atoms with van der Waals surface area (Å²) in [6.07, 6.45) is 4.67. The average molecular weight is 485 g/mol. The van der Waals surface area contributed by atoms with Crippen molar-refractivity contribution < 1.29 is 13.2 Å². The van der Waals surface area contributed by atoms with Gasteiger partial charge < -0.3 is 10.2 Å². The molecule has 0 bridgehead atoms. The van der Waals surface area contributed by atoms with Gasteiger partial charge in [-0.25, -0.2) is 13.1 Å². The molecule has 9 heteroatoms. The van der Waals surface area contributed by atoms with E-state index in [1.165, 1.54) is 12.1 Å². The number of amides is 1. The van der Waals surface area contributed by atoms with Gasteiger partial charge >= 0.3 is 0 Å². The number of hydrogen-bond donors (Lipinski definition) is 2. The number of hydrogen-bond acceptors (Lipinski definition) is 5. The zero-order chi connectivity index (χ0) is 23.3. The van der Waals surface area contributed by atoms with E-state index in [0.717, 1.165) is 11.3 Å². The predicted octanol–water partition coefficient (Wildman–Crippen LogP) is 3.61. The van der Waals surface area contributed by atoms with Crippen LogP contribution in [-0.4, -0.2) is 38.4 Å². The van der Waals surface area contributed by atoms with E-state index in [9.17, 15) is 13.2 Å². The van der Waals surface area contributed by atoms with Gasteiger partial charge in [0.15, 0.2) is 0 Å². The summed E-state index contributed by atoms with van der Waals surface area (Å²) in [4.78, 5) is 19.2. The Hall–Kier alpha value is -2.94. The zero-order valence-electron chi connectivity index (χ0n) is 17.9. The fourth-order valence-electron chi connectivity index (χ4n) is 3.86. The third-order valence-electron chi connectivity index (χ3n) is 5.63. The summed E-state index contributed by atoms with van der Waals surface area (Å²) < 4.78 is 28.1. The lowest BCUT2D eigenvalue weighted by atomic mass is 10.0. The molecule has 1 aliphatic rings. The number of pyridine rings is 1. The first-order chi connectivity index (χ1) is 15.9. The molecule has 0 saturated carbocycles. The number of carbonyl (C=O) groups excluding carboxylic acids is 1. The van der Waals surface area contributed by atoms with Gasteiger partial charge in [-0.15, -0.1) is 0 Å². The highest BCUT2D eigenvalue weighted by atomic mass is 35.5. The lowest BCUT2D eigenvalue weighted by Crippen LogP contribution is -2.45. The first-order valence-electron chi connectivity index (χ1n) is 10.7. The standard InChI is InChI=1S/C24H25ClN4O3S/c25-19-5-7-21(8-6-19)33(31,32)28-20-11-15-29(16-12-20)23-4-2-1-3-22(23)24(30)27-17-18-9-13-26-14-10-18/h1-10,13-14,20,28H,11-12,15-17H2,(H,27,30). The Morgan fingerprint density at radius 1 is 1.00 bits per heavy atom. The van der Waals surface area contributed by atoms with Gasteiger partial charge in [0.1, 0.15) is 0 Å². The summed E-state index contributed by atoms with van der Waals surface area (Å²) >= 11 is 5.86. The van der Waals surface area contributed by atoms with Crippen LogP contribution >= 0.6 is 11.6 Å². The number of carbonyl (C=O) groups is 1. The monoisotopic (exact) mass is 484 g/mol. The van der Waals surface area contributed by atoms with Crippen LogP contribution in [0.4, 0.5) is 5.69 Å². The molecule has 2 N–H and O–H groups in total. The number of piperidine rings is 1. The molecule has 0 unspecified atom stereocenters. The summed E-state index contributed by atoms with van der Waals surface area (Å²) in [7, 11) is -3.61. The largest absolute Gasteiger partial charge is 0.371 e. The summed E-state index contributed by atoms with van der Waals surface area (Å²) in [6.45, 7) is 1.70.